The van der Waals surface area contributed by atoms with Crippen LogP contribution in [0.5, 0.6) is 0 Å². The maximum atomic E-state index is 11.3. The summed E-state index contributed by atoms with van der Waals surface area (Å²) in [4.78, 5) is 22.5. The van der Waals surface area contributed by atoms with Crippen molar-refractivity contribution in [2.45, 2.75) is 34.6 Å². The number of hydrogen-bond donors (Lipinski definition) is 1. The molecule has 76 valence electrons. The summed E-state index contributed by atoms with van der Waals surface area (Å²) >= 11 is 0. The Morgan fingerprint density at radius 3 is 2.00 bits per heavy atom. The smallest absolute Gasteiger partial charge is 0.225 e. The summed E-state index contributed by atoms with van der Waals surface area (Å²) < 4.78 is 0. The molecule has 0 saturated heterocycles. The SMILES string of the molecule is CC(C)C(=O)CNC(=O)C(C)(C)C. The standard InChI is InChI=1S/C10H19NO2/c1-7(2)8(12)6-11-9(13)10(3,4)5/h7H,6H2,1-5H3,(H,11,13). The number of ketones is 1. The van der Waals surface area contributed by atoms with Crippen molar-refractivity contribution in [3.63, 3.8) is 0 Å². The second-order valence-corrected chi connectivity index (χ2v) is 4.55. The van der Waals surface area contributed by atoms with Gasteiger partial charge in [-0.1, -0.05) is 34.6 Å². The molecule has 0 aliphatic rings. The predicted octanol–water partition coefficient (Wildman–Crippen LogP) is 1.37. The lowest BCUT2D eigenvalue weighted by Gasteiger charge is -2.17. The Hall–Kier alpha value is -0.860. The van der Waals surface area contributed by atoms with Crippen LogP contribution in [0, 0.1) is 11.3 Å². The Morgan fingerprint density at radius 2 is 1.69 bits per heavy atom. The molecule has 0 aromatic rings. The Bertz CT molecular complexity index is 201. The highest BCUT2D eigenvalue weighted by Crippen LogP contribution is 2.12. The third-order valence-corrected chi connectivity index (χ3v) is 1.75. The van der Waals surface area contributed by atoms with Gasteiger partial charge in [0.2, 0.25) is 5.91 Å². The van der Waals surface area contributed by atoms with Crippen LogP contribution in [-0.4, -0.2) is 18.2 Å². The van der Waals surface area contributed by atoms with Gasteiger partial charge in [-0.25, -0.2) is 0 Å². The molecule has 0 rings (SSSR count). The first-order valence-electron chi connectivity index (χ1n) is 4.56. The van der Waals surface area contributed by atoms with Crippen molar-refractivity contribution in [1.82, 2.24) is 5.32 Å². The van der Waals surface area contributed by atoms with Gasteiger partial charge in [0.05, 0.1) is 6.54 Å². The molecule has 1 N–H and O–H groups in total. The van der Waals surface area contributed by atoms with E-state index in [0.29, 0.717) is 0 Å². The lowest BCUT2D eigenvalue weighted by molar-refractivity contribution is -0.131. The summed E-state index contributed by atoms with van der Waals surface area (Å²) in [5, 5.41) is 2.62. The molecule has 0 radical (unpaired) electrons. The molecule has 0 unspecified atom stereocenters. The normalized spacial score (nSPS) is 11.5. The number of rotatable bonds is 3. The number of Topliss-reactive ketones (excluding diaryl/α,β-unsaturated/α-hetero) is 1. The molecule has 0 aliphatic heterocycles. The minimum absolute atomic E-state index is 0.0136. The Kier molecular flexibility index (Phi) is 4.11. The fraction of sp³-hybridized carbons (Fsp3) is 0.800. The van der Waals surface area contributed by atoms with E-state index in [2.05, 4.69) is 5.32 Å². The first kappa shape index (κ1) is 12.1. The van der Waals surface area contributed by atoms with E-state index in [4.69, 9.17) is 0 Å². The number of carbonyl (C=O) groups is 2. The average Bonchev–Trinajstić information content (AvgIpc) is 1.97. The zero-order valence-electron chi connectivity index (χ0n) is 9.10. The van der Waals surface area contributed by atoms with E-state index >= 15 is 0 Å². The van der Waals surface area contributed by atoms with E-state index in [1.165, 1.54) is 0 Å². The molecule has 0 aromatic heterocycles. The van der Waals surface area contributed by atoms with E-state index in [1.807, 2.05) is 34.6 Å². The van der Waals surface area contributed by atoms with Crippen LogP contribution in [-0.2, 0) is 9.59 Å². The quantitative estimate of drug-likeness (QED) is 0.722. The van der Waals surface area contributed by atoms with Gasteiger partial charge in [-0.2, -0.15) is 0 Å². The van der Waals surface area contributed by atoms with Crippen molar-refractivity contribution in [1.29, 1.82) is 0 Å². The van der Waals surface area contributed by atoms with Crippen molar-refractivity contribution in [2.24, 2.45) is 11.3 Å². The van der Waals surface area contributed by atoms with Crippen LogP contribution in [0.25, 0.3) is 0 Å². The topological polar surface area (TPSA) is 46.2 Å². The maximum absolute atomic E-state index is 11.3. The second-order valence-electron chi connectivity index (χ2n) is 4.55. The zero-order valence-corrected chi connectivity index (χ0v) is 9.10. The van der Waals surface area contributed by atoms with E-state index in [-0.39, 0.29) is 24.2 Å². The molecule has 1 amide bonds. The number of hydrogen-bond acceptors (Lipinski definition) is 2. The van der Waals surface area contributed by atoms with Gasteiger partial charge < -0.3 is 5.32 Å². The summed E-state index contributed by atoms with van der Waals surface area (Å²) in [5.74, 6) is -0.0284. The number of amides is 1. The summed E-state index contributed by atoms with van der Waals surface area (Å²) in [6, 6.07) is 0. The van der Waals surface area contributed by atoms with Crippen LogP contribution in [0.4, 0.5) is 0 Å². The van der Waals surface area contributed by atoms with Crippen molar-refractivity contribution >= 4 is 11.7 Å². The number of carbonyl (C=O) groups excluding carboxylic acids is 2. The van der Waals surface area contributed by atoms with Crippen LogP contribution in [0.15, 0.2) is 0 Å². The number of nitrogens with one attached hydrogen (secondary N) is 1. The molecule has 0 heterocycles. The van der Waals surface area contributed by atoms with Crippen molar-refractivity contribution in [3.05, 3.63) is 0 Å². The van der Waals surface area contributed by atoms with Gasteiger partial charge >= 0.3 is 0 Å². The summed E-state index contributed by atoms with van der Waals surface area (Å²) in [6.45, 7) is 9.26. The van der Waals surface area contributed by atoms with Crippen LogP contribution in [0.1, 0.15) is 34.6 Å². The van der Waals surface area contributed by atoms with Gasteiger partial charge in [0.1, 0.15) is 0 Å². The van der Waals surface area contributed by atoms with Crippen molar-refractivity contribution < 1.29 is 9.59 Å². The molecule has 0 aliphatic carbocycles. The van der Waals surface area contributed by atoms with Gasteiger partial charge in [0.15, 0.2) is 5.78 Å². The van der Waals surface area contributed by atoms with Crippen LogP contribution in [0.2, 0.25) is 0 Å². The van der Waals surface area contributed by atoms with Gasteiger partial charge in [-0.15, -0.1) is 0 Å². The van der Waals surface area contributed by atoms with Crippen molar-refractivity contribution in [2.75, 3.05) is 6.54 Å². The molecule has 0 atom stereocenters. The third-order valence-electron chi connectivity index (χ3n) is 1.75. The lowest BCUT2D eigenvalue weighted by Crippen LogP contribution is -2.38. The van der Waals surface area contributed by atoms with Gasteiger partial charge in [-0.3, -0.25) is 9.59 Å². The average molecular weight is 185 g/mol. The maximum Gasteiger partial charge on any atom is 0.225 e. The minimum atomic E-state index is -0.419. The largest absolute Gasteiger partial charge is 0.349 e. The molecular weight excluding hydrogens is 166 g/mol. The Morgan fingerprint density at radius 1 is 1.23 bits per heavy atom. The summed E-state index contributed by atoms with van der Waals surface area (Å²) in [6.07, 6.45) is 0. The highest BCUT2D eigenvalue weighted by Gasteiger charge is 2.21. The summed E-state index contributed by atoms with van der Waals surface area (Å²) in [5.41, 5.74) is -0.419. The van der Waals surface area contributed by atoms with E-state index in [9.17, 15) is 9.59 Å². The molecule has 0 fully saturated rings. The lowest BCUT2D eigenvalue weighted by atomic mass is 9.95. The first-order valence-corrected chi connectivity index (χ1v) is 4.56. The van der Waals surface area contributed by atoms with Gasteiger partial charge in [0, 0.05) is 11.3 Å². The Balaban J connectivity index is 3.92. The van der Waals surface area contributed by atoms with Crippen LogP contribution >= 0.6 is 0 Å². The molecular formula is C10H19NO2. The third kappa shape index (κ3) is 4.65. The molecule has 3 heteroatoms. The molecule has 3 nitrogen and oxygen atoms in total. The minimum Gasteiger partial charge on any atom is -0.349 e. The fourth-order valence-electron chi connectivity index (χ4n) is 0.637. The highest BCUT2D eigenvalue weighted by atomic mass is 16.2. The highest BCUT2D eigenvalue weighted by molar-refractivity contribution is 5.88. The van der Waals surface area contributed by atoms with Crippen LogP contribution in [0.3, 0.4) is 0 Å². The predicted molar refractivity (Wildman–Crippen MR) is 52.3 cm³/mol. The molecule has 0 bridgehead atoms. The van der Waals surface area contributed by atoms with Gasteiger partial charge in [0.25, 0.3) is 0 Å². The van der Waals surface area contributed by atoms with E-state index in [0.717, 1.165) is 0 Å². The van der Waals surface area contributed by atoms with E-state index < -0.39 is 5.41 Å². The fourth-order valence-corrected chi connectivity index (χ4v) is 0.637. The van der Waals surface area contributed by atoms with Crippen molar-refractivity contribution in [3.8, 4) is 0 Å². The summed E-state index contributed by atoms with van der Waals surface area (Å²) in [7, 11) is 0. The second kappa shape index (κ2) is 4.40. The molecule has 0 saturated carbocycles. The first-order chi connectivity index (χ1) is 5.75. The molecule has 0 aromatic carbocycles. The molecule has 13 heavy (non-hydrogen) atoms. The molecule has 0 spiro atoms. The zero-order chi connectivity index (χ0) is 10.6. The Labute approximate surface area is 79.9 Å². The van der Waals surface area contributed by atoms with E-state index in [1.54, 1.807) is 0 Å². The van der Waals surface area contributed by atoms with Gasteiger partial charge in [-0.05, 0) is 0 Å². The van der Waals surface area contributed by atoms with Crippen LogP contribution < -0.4 is 5.32 Å². The monoisotopic (exact) mass is 185 g/mol.